The number of fused-ring (bicyclic) bond motifs is 1. The first kappa shape index (κ1) is 19.0. The lowest BCUT2D eigenvalue weighted by molar-refractivity contribution is 0.465. The number of para-hydroxylation sites is 2. The Morgan fingerprint density at radius 1 is 0.840 bits per heavy atom. The Hall–Kier alpha value is -2.36. The van der Waals surface area contributed by atoms with Crippen molar-refractivity contribution in [2.75, 3.05) is 0 Å². The number of nitrogens with zero attached hydrogens (tertiary/aromatic N) is 2. The maximum atomic E-state index is 9.94. The number of phenolic OH excluding ortho intramolecular Hbond substituents is 1. The molecule has 2 aromatic carbocycles. The molecule has 0 fully saturated rings. The van der Waals surface area contributed by atoms with Gasteiger partial charge in [0.05, 0.1) is 0 Å². The van der Waals surface area contributed by atoms with Crippen molar-refractivity contribution in [3.8, 4) is 5.75 Å². The van der Waals surface area contributed by atoms with Crippen LogP contribution >= 0.6 is 0 Å². The van der Waals surface area contributed by atoms with Crippen LogP contribution in [0.1, 0.15) is 56.2 Å². The second kappa shape index (κ2) is 9.82. The van der Waals surface area contributed by atoms with Crippen molar-refractivity contribution in [3.05, 3.63) is 53.1 Å². The summed E-state index contributed by atoms with van der Waals surface area (Å²) in [6, 6.07) is 11.6. The topological polar surface area (TPSA) is 61.8 Å². The predicted molar refractivity (Wildman–Crippen MR) is 104 cm³/mol. The van der Waals surface area contributed by atoms with E-state index < -0.39 is 0 Å². The lowest BCUT2D eigenvalue weighted by atomic mass is 9.93. The number of hydrogen-bond acceptors (Lipinski definition) is 3. The van der Waals surface area contributed by atoms with Gasteiger partial charge in [0.2, 0.25) is 0 Å². The summed E-state index contributed by atoms with van der Waals surface area (Å²) >= 11 is 0. The highest BCUT2D eigenvalue weighted by atomic mass is 16.3. The van der Waals surface area contributed by atoms with E-state index in [4.69, 9.17) is 0 Å². The number of aromatic amines is 1. The van der Waals surface area contributed by atoms with E-state index in [1.165, 1.54) is 36.0 Å². The van der Waals surface area contributed by atoms with E-state index in [-0.39, 0.29) is 0 Å². The Labute approximate surface area is 150 Å². The zero-order chi connectivity index (χ0) is 18.1. The van der Waals surface area contributed by atoms with Crippen LogP contribution in [-0.2, 0) is 12.8 Å². The second-order valence-electron chi connectivity index (χ2n) is 6.38. The minimum absolute atomic E-state index is 0.491. The first-order chi connectivity index (χ1) is 12.2. The largest absolute Gasteiger partial charge is 0.508 e. The van der Waals surface area contributed by atoms with Gasteiger partial charge < -0.3 is 5.11 Å². The number of hydrogen-bond donors (Lipinski definition) is 2. The number of H-pyrrole nitrogens is 1. The number of aryl methyl sites for hydroxylation is 1. The minimum atomic E-state index is 0.491. The molecule has 4 heteroatoms. The standard InChI is InChI=1S/C15H24O.C6H5N3/c1-4-6-8-13-12(3)10-11-15(16)14(13)9-7-5-2;1-2-4-6-5(3-1)7-9-8-6/h10-11,16H,4-9H2,1-3H3;1-4H,(H,7,8,9). The molecule has 134 valence electrons. The summed E-state index contributed by atoms with van der Waals surface area (Å²) < 4.78 is 0. The number of unbranched alkanes of at least 4 members (excludes halogenated alkanes) is 2. The number of aromatic hydroxyl groups is 1. The Morgan fingerprint density at radius 2 is 1.40 bits per heavy atom. The van der Waals surface area contributed by atoms with Gasteiger partial charge in [0, 0.05) is 0 Å². The first-order valence-corrected chi connectivity index (χ1v) is 9.23. The van der Waals surface area contributed by atoms with Crippen molar-refractivity contribution < 1.29 is 5.11 Å². The zero-order valence-corrected chi connectivity index (χ0v) is 15.5. The second-order valence-corrected chi connectivity index (χ2v) is 6.38. The molecule has 1 heterocycles. The van der Waals surface area contributed by atoms with Gasteiger partial charge in [-0.25, -0.2) is 0 Å². The molecule has 3 aromatic rings. The summed E-state index contributed by atoms with van der Waals surface area (Å²) in [5, 5.41) is 20.2. The number of phenols is 1. The molecule has 1 aromatic heterocycles. The molecule has 3 rings (SSSR count). The van der Waals surface area contributed by atoms with Gasteiger partial charge in [-0.3, -0.25) is 0 Å². The summed E-state index contributed by atoms with van der Waals surface area (Å²) in [6.07, 6.45) is 6.89. The van der Waals surface area contributed by atoms with E-state index in [0.29, 0.717) is 5.75 Å². The van der Waals surface area contributed by atoms with Crippen LogP contribution < -0.4 is 0 Å². The van der Waals surface area contributed by atoms with E-state index in [0.717, 1.165) is 30.3 Å². The lowest BCUT2D eigenvalue weighted by Gasteiger charge is -2.14. The fourth-order valence-electron chi connectivity index (χ4n) is 2.92. The average molecular weight is 339 g/mol. The van der Waals surface area contributed by atoms with Gasteiger partial charge in [-0.2, -0.15) is 15.4 Å². The highest BCUT2D eigenvalue weighted by molar-refractivity contribution is 5.72. The van der Waals surface area contributed by atoms with Crippen molar-refractivity contribution in [3.63, 3.8) is 0 Å². The van der Waals surface area contributed by atoms with Crippen LogP contribution in [-0.4, -0.2) is 20.5 Å². The third kappa shape index (κ3) is 5.31. The number of rotatable bonds is 6. The molecule has 0 amide bonds. The van der Waals surface area contributed by atoms with E-state index in [9.17, 15) is 5.11 Å². The highest BCUT2D eigenvalue weighted by Crippen LogP contribution is 2.27. The molecular weight excluding hydrogens is 310 g/mol. The molecule has 0 aliphatic carbocycles. The molecule has 0 aliphatic rings. The number of aromatic nitrogens is 3. The Bertz CT molecular complexity index is 717. The van der Waals surface area contributed by atoms with Gasteiger partial charge in [0.25, 0.3) is 0 Å². The molecule has 0 atom stereocenters. The zero-order valence-electron chi connectivity index (χ0n) is 15.5. The molecule has 0 unspecified atom stereocenters. The first-order valence-electron chi connectivity index (χ1n) is 9.23. The van der Waals surface area contributed by atoms with Gasteiger partial charge in [0.1, 0.15) is 16.8 Å². The summed E-state index contributed by atoms with van der Waals surface area (Å²) in [4.78, 5) is 0. The van der Waals surface area contributed by atoms with Gasteiger partial charge in [-0.1, -0.05) is 44.9 Å². The number of benzene rings is 2. The normalized spacial score (nSPS) is 10.5. The highest BCUT2D eigenvalue weighted by Gasteiger charge is 2.09. The molecule has 0 saturated heterocycles. The van der Waals surface area contributed by atoms with Crippen molar-refractivity contribution in [2.24, 2.45) is 0 Å². The van der Waals surface area contributed by atoms with E-state index in [2.05, 4.69) is 36.2 Å². The van der Waals surface area contributed by atoms with E-state index in [1.54, 1.807) is 0 Å². The number of nitrogens with one attached hydrogen (secondary N) is 1. The van der Waals surface area contributed by atoms with Crippen LogP contribution in [0.15, 0.2) is 36.4 Å². The minimum Gasteiger partial charge on any atom is -0.508 e. The van der Waals surface area contributed by atoms with Gasteiger partial charge in [0.15, 0.2) is 0 Å². The average Bonchev–Trinajstić information content (AvgIpc) is 3.11. The van der Waals surface area contributed by atoms with Gasteiger partial charge in [-0.05, 0) is 67.5 Å². The van der Waals surface area contributed by atoms with E-state index >= 15 is 0 Å². The van der Waals surface area contributed by atoms with Crippen LogP contribution in [0.2, 0.25) is 0 Å². The molecule has 0 aliphatic heterocycles. The fraction of sp³-hybridized carbons (Fsp3) is 0.429. The molecule has 0 radical (unpaired) electrons. The van der Waals surface area contributed by atoms with Crippen LogP contribution in [0.4, 0.5) is 0 Å². The lowest BCUT2D eigenvalue weighted by Crippen LogP contribution is -1.99. The van der Waals surface area contributed by atoms with Crippen LogP contribution in [0.5, 0.6) is 5.75 Å². The Kier molecular flexibility index (Phi) is 7.45. The summed E-state index contributed by atoms with van der Waals surface area (Å²) in [6.45, 7) is 6.56. The van der Waals surface area contributed by atoms with Crippen LogP contribution in [0.25, 0.3) is 11.0 Å². The molecule has 25 heavy (non-hydrogen) atoms. The third-order valence-corrected chi connectivity index (χ3v) is 4.42. The van der Waals surface area contributed by atoms with Crippen molar-refractivity contribution in [1.29, 1.82) is 0 Å². The quantitative estimate of drug-likeness (QED) is 0.637. The fourth-order valence-corrected chi connectivity index (χ4v) is 2.92. The maximum absolute atomic E-state index is 9.94. The van der Waals surface area contributed by atoms with Gasteiger partial charge >= 0.3 is 0 Å². The summed E-state index contributed by atoms with van der Waals surface area (Å²) in [7, 11) is 0. The van der Waals surface area contributed by atoms with Crippen LogP contribution in [0.3, 0.4) is 0 Å². The Morgan fingerprint density at radius 3 is 1.96 bits per heavy atom. The summed E-state index contributed by atoms with van der Waals surface area (Å²) in [5.41, 5.74) is 5.73. The Balaban J connectivity index is 0.000000208. The molecule has 0 spiro atoms. The molecule has 2 N–H and O–H groups in total. The van der Waals surface area contributed by atoms with Crippen LogP contribution in [0, 0.1) is 6.92 Å². The molecule has 0 bridgehead atoms. The molecular formula is C21H29N3O. The van der Waals surface area contributed by atoms with Crippen molar-refractivity contribution >= 4 is 11.0 Å². The van der Waals surface area contributed by atoms with Crippen molar-refractivity contribution in [2.45, 2.75) is 59.3 Å². The monoisotopic (exact) mass is 339 g/mol. The van der Waals surface area contributed by atoms with Crippen molar-refractivity contribution in [1.82, 2.24) is 15.4 Å². The summed E-state index contributed by atoms with van der Waals surface area (Å²) in [5.74, 6) is 0.491. The predicted octanol–water partition coefficient (Wildman–Crippen LogP) is 5.34. The maximum Gasteiger partial charge on any atom is 0.119 e. The smallest absolute Gasteiger partial charge is 0.119 e. The molecule has 0 saturated carbocycles. The van der Waals surface area contributed by atoms with Gasteiger partial charge in [-0.15, -0.1) is 0 Å². The third-order valence-electron chi connectivity index (χ3n) is 4.42. The van der Waals surface area contributed by atoms with E-state index in [1.807, 2.05) is 36.4 Å². The SMILES string of the molecule is CCCCc1c(C)ccc(O)c1CCCC.c1ccc2n[nH]nc2c1. The molecule has 4 nitrogen and oxygen atoms in total.